The predicted molar refractivity (Wildman–Crippen MR) is 139 cm³/mol. The zero-order chi connectivity index (χ0) is 26.3. The number of nitrogens with one attached hydrogen (secondary N) is 2. The number of carbonyl (C=O) groups is 1. The molecule has 0 spiro atoms. The molecule has 1 aromatic carbocycles. The van der Waals surface area contributed by atoms with Gasteiger partial charge >= 0.3 is 6.09 Å². The molecule has 192 valence electrons. The van der Waals surface area contributed by atoms with Crippen LogP contribution in [0.15, 0.2) is 42.6 Å². The maximum Gasteiger partial charge on any atom is 0.413 e. The smallest absolute Gasteiger partial charge is 0.413 e. The SMILES string of the molecule is CS(=O)CCCOc1nnc(-c2cc(Cl)ccc2F)cc1Nc1ccnc(NC(=O)OC(C)(C)C)c1. The normalized spacial score (nSPS) is 12.1. The third-order valence-corrected chi connectivity index (χ3v) is 5.55. The van der Waals surface area contributed by atoms with Gasteiger partial charge in [-0.25, -0.2) is 14.2 Å². The molecule has 1 amide bonds. The number of ether oxygens (including phenoxy) is 2. The number of amides is 1. The van der Waals surface area contributed by atoms with Crippen molar-refractivity contribution in [2.75, 3.05) is 29.2 Å². The summed E-state index contributed by atoms with van der Waals surface area (Å²) >= 11 is 6.04. The predicted octanol–water partition coefficient (Wildman–Crippen LogP) is 5.57. The third-order valence-electron chi connectivity index (χ3n) is 4.45. The van der Waals surface area contributed by atoms with Gasteiger partial charge in [-0.3, -0.25) is 9.53 Å². The van der Waals surface area contributed by atoms with Gasteiger partial charge in [0.1, 0.15) is 22.9 Å². The molecule has 12 heteroatoms. The van der Waals surface area contributed by atoms with Crippen LogP contribution in [0, 0.1) is 5.82 Å². The Morgan fingerprint density at radius 2 is 1.94 bits per heavy atom. The van der Waals surface area contributed by atoms with Gasteiger partial charge in [0.2, 0.25) is 0 Å². The van der Waals surface area contributed by atoms with Crippen LogP contribution < -0.4 is 15.4 Å². The van der Waals surface area contributed by atoms with Crippen molar-refractivity contribution in [1.29, 1.82) is 0 Å². The molecule has 9 nitrogen and oxygen atoms in total. The van der Waals surface area contributed by atoms with Crippen molar-refractivity contribution >= 4 is 45.7 Å². The van der Waals surface area contributed by atoms with E-state index in [-0.39, 0.29) is 29.6 Å². The highest BCUT2D eigenvalue weighted by molar-refractivity contribution is 7.84. The first-order chi connectivity index (χ1) is 17.0. The van der Waals surface area contributed by atoms with E-state index in [1.54, 1.807) is 45.2 Å². The Hall–Kier alpha value is -3.31. The van der Waals surface area contributed by atoms with E-state index in [1.807, 2.05) is 0 Å². The Balaban J connectivity index is 1.88. The first-order valence-electron chi connectivity index (χ1n) is 11.0. The van der Waals surface area contributed by atoms with Crippen molar-refractivity contribution in [2.24, 2.45) is 0 Å². The summed E-state index contributed by atoms with van der Waals surface area (Å²) in [6.45, 7) is 5.53. The lowest BCUT2D eigenvalue weighted by Crippen LogP contribution is -2.27. The van der Waals surface area contributed by atoms with Crippen LogP contribution in [0.3, 0.4) is 0 Å². The summed E-state index contributed by atoms with van der Waals surface area (Å²) in [6.07, 6.45) is 3.02. The molecule has 1 atom stereocenters. The molecule has 2 heterocycles. The molecule has 2 N–H and O–H groups in total. The zero-order valence-corrected chi connectivity index (χ0v) is 21.9. The second kappa shape index (κ2) is 12.1. The topological polar surface area (TPSA) is 115 Å². The number of hydrogen-bond acceptors (Lipinski definition) is 8. The molecule has 3 aromatic rings. The van der Waals surface area contributed by atoms with Crippen molar-refractivity contribution in [3.8, 4) is 17.1 Å². The molecule has 36 heavy (non-hydrogen) atoms. The Bertz CT molecular complexity index is 1260. The third kappa shape index (κ3) is 8.42. The van der Waals surface area contributed by atoms with E-state index in [9.17, 15) is 13.4 Å². The molecule has 0 fully saturated rings. The van der Waals surface area contributed by atoms with E-state index in [1.165, 1.54) is 24.4 Å². The maximum absolute atomic E-state index is 14.5. The van der Waals surface area contributed by atoms with Gasteiger partial charge in [0, 0.05) is 51.3 Å². The Labute approximate surface area is 216 Å². The molecule has 3 rings (SSSR count). The summed E-state index contributed by atoms with van der Waals surface area (Å²) in [5, 5.41) is 14.3. The van der Waals surface area contributed by atoms with Gasteiger partial charge in [-0.15, -0.1) is 10.2 Å². The number of anilines is 3. The number of rotatable bonds is 9. The van der Waals surface area contributed by atoms with E-state index in [2.05, 4.69) is 25.8 Å². The van der Waals surface area contributed by atoms with E-state index in [0.717, 1.165) is 0 Å². The summed E-state index contributed by atoms with van der Waals surface area (Å²) < 4.78 is 36.8. The minimum atomic E-state index is -0.946. The fourth-order valence-corrected chi connectivity index (χ4v) is 3.67. The van der Waals surface area contributed by atoms with Crippen LogP contribution in [0.2, 0.25) is 5.02 Å². The largest absolute Gasteiger partial charge is 0.475 e. The van der Waals surface area contributed by atoms with Gasteiger partial charge in [-0.05, 0) is 57.5 Å². The van der Waals surface area contributed by atoms with Crippen LogP contribution in [0.4, 0.5) is 26.4 Å². The Kier molecular flexibility index (Phi) is 9.16. The number of hydrogen-bond donors (Lipinski definition) is 2. The monoisotopic (exact) mass is 535 g/mol. The highest BCUT2D eigenvalue weighted by Gasteiger charge is 2.17. The quantitative estimate of drug-likeness (QED) is 0.342. The lowest BCUT2D eigenvalue weighted by atomic mass is 10.1. The molecule has 0 aliphatic heterocycles. The number of benzene rings is 1. The van der Waals surface area contributed by atoms with E-state index < -0.39 is 28.3 Å². The lowest BCUT2D eigenvalue weighted by Gasteiger charge is -2.19. The Morgan fingerprint density at radius 3 is 2.67 bits per heavy atom. The summed E-state index contributed by atoms with van der Waals surface area (Å²) in [7, 11) is -0.946. The van der Waals surface area contributed by atoms with E-state index in [0.29, 0.717) is 28.6 Å². The minimum Gasteiger partial charge on any atom is -0.475 e. The number of halogens is 2. The maximum atomic E-state index is 14.5. The first kappa shape index (κ1) is 27.3. The van der Waals surface area contributed by atoms with Gasteiger partial charge in [-0.1, -0.05) is 11.6 Å². The van der Waals surface area contributed by atoms with Crippen molar-refractivity contribution < 1.29 is 22.9 Å². The van der Waals surface area contributed by atoms with Crippen LogP contribution >= 0.6 is 11.6 Å². The summed E-state index contributed by atoms with van der Waals surface area (Å²) in [5.41, 5.74) is 0.687. The second-order valence-corrected chi connectivity index (χ2v) is 10.7. The van der Waals surface area contributed by atoms with E-state index >= 15 is 0 Å². The molecule has 1 unspecified atom stereocenters. The number of pyridine rings is 1. The number of carbonyl (C=O) groups excluding carboxylic acids is 1. The number of nitrogens with zero attached hydrogens (tertiary/aromatic N) is 3. The van der Waals surface area contributed by atoms with Crippen molar-refractivity contribution in [3.63, 3.8) is 0 Å². The van der Waals surface area contributed by atoms with Crippen molar-refractivity contribution in [1.82, 2.24) is 15.2 Å². The summed E-state index contributed by atoms with van der Waals surface area (Å²) in [6, 6.07) is 8.99. The highest BCUT2D eigenvalue weighted by Crippen LogP contribution is 2.32. The van der Waals surface area contributed by atoms with Crippen molar-refractivity contribution in [2.45, 2.75) is 32.8 Å². The average Bonchev–Trinajstić information content (AvgIpc) is 2.78. The van der Waals surface area contributed by atoms with E-state index in [4.69, 9.17) is 21.1 Å². The standard InChI is InChI=1S/C24H27ClFN5O4S/c1-24(2,3)35-23(32)29-21-13-16(8-9-27-21)28-20-14-19(17-12-15(25)6-7-18(17)26)30-31-22(20)34-10-5-11-36(4)33/h6-9,12-14H,5,10-11H2,1-4H3,(H2,27,28,29,30,32). The lowest BCUT2D eigenvalue weighted by molar-refractivity contribution is 0.0635. The van der Waals surface area contributed by atoms with Gasteiger partial charge in [-0.2, -0.15) is 0 Å². The molecular weight excluding hydrogens is 509 g/mol. The summed E-state index contributed by atoms with van der Waals surface area (Å²) in [4.78, 5) is 16.2. The molecule has 0 radical (unpaired) electrons. The molecule has 0 aliphatic carbocycles. The highest BCUT2D eigenvalue weighted by atomic mass is 35.5. The minimum absolute atomic E-state index is 0.168. The molecular formula is C24H27ClFN5O4S. The number of aromatic nitrogens is 3. The summed E-state index contributed by atoms with van der Waals surface area (Å²) in [5.74, 6) is 0.393. The van der Waals surface area contributed by atoms with Crippen LogP contribution in [-0.2, 0) is 15.5 Å². The second-order valence-electron chi connectivity index (χ2n) is 8.73. The van der Waals surface area contributed by atoms with Crippen LogP contribution in [0.25, 0.3) is 11.3 Å². The van der Waals surface area contributed by atoms with Gasteiger partial charge in [0.25, 0.3) is 5.88 Å². The molecule has 0 saturated heterocycles. The first-order valence-corrected chi connectivity index (χ1v) is 13.1. The fraction of sp³-hybridized carbons (Fsp3) is 0.333. The van der Waals surface area contributed by atoms with Crippen molar-refractivity contribution in [3.05, 3.63) is 53.4 Å². The van der Waals surface area contributed by atoms with Gasteiger partial charge in [0.15, 0.2) is 0 Å². The Morgan fingerprint density at radius 1 is 1.17 bits per heavy atom. The average molecular weight is 536 g/mol. The van der Waals surface area contributed by atoms with Crippen LogP contribution in [0.1, 0.15) is 27.2 Å². The van der Waals surface area contributed by atoms with Crippen LogP contribution in [-0.4, -0.2) is 49.7 Å². The van der Waals surface area contributed by atoms with Gasteiger partial charge in [0.05, 0.1) is 12.3 Å². The molecule has 2 aromatic heterocycles. The van der Waals surface area contributed by atoms with Crippen LogP contribution in [0.5, 0.6) is 5.88 Å². The fourth-order valence-electron chi connectivity index (χ4n) is 2.97. The molecule has 0 aliphatic rings. The zero-order valence-electron chi connectivity index (χ0n) is 20.3. The van der Waals surface area contributed by atoms with Gasteiger partial charge < -0.3 is 14.8 Å². The molecule has 0 saturated carbocycles. The molecule has 0 bridgehead atoms.